The number of hydrogen-bond donors (Lipinski definition) is 2. The number of nitrogens with one attached hydrogen (secondary N) is 1. The minimum absolute atomic E-state index is 0.0464. The summed E-state index contributed by atoms with van der Waals surface area (Å²) < 4.78 is 35.3. The number of rotatable bonds is 8. The maximum Gasteiger partial charge on any atom is 0.277 e. The van der Waals surface area contributed by atoms with Gasteiger partial charge in [-0.25, -0.2) is 19.0 Å². The third-order valence-corrected chi connectivity index (χ3v) is 5.65. The summed E-state index contributed by atoms with van der Waals surface area (Å²) in [6.45, 7) is 3.63. The van der Waals surface area contributed by atoms with Gasteiger partial charge in [-0.15, -0.1) is 0 Å². The molecule has 0 aliphatic heterocycles. The van der Waals surface area contributed by atoms with Gasteiger partial charge in [-0.2, -0.15) is 5.10 Å². The van der Waals surface area contributed by atoms with Crippen LogP contribution in [0.1, 0.15) is 17.0 Å². The normalized spacial score (nSPS) is 11.5. The summed E-state index contributed by atoms with van der Waals surface area (Å²) in [4.78, 5) is 12.0. The summed E-state index contributed by atoms with van der Waals surface area (Å²) >= 11 is 0. The first-order valence-electron chi connectivity index (χ1n) is 9.60. The second-order valence-corrected chi connectivity index (χ2v) is 8.52. The number of amides is 1. The fourth-order valence-corrected chi connectivity index (χ4v) is 3.64. The molecule has 0 unspecified atom stereocenters. The summed E-state index contributed by atoms with van der Waals surface area (Å²) in [6, 6.07) is 15.1. The minimum Gasteiger partial charge on any atom is -0.497 e. The number of benzene rings is 2. The van der Waals surface area contributed by atoms with Crippen molar-refractivity contribution < 1.29 is 22.7 Å². The van der Waals surface area contributed by atoms with Gasteiger partial charge in [0.05, 0.1) is 18.2 Å². The predicted molar refractivity (Wildman–Crippen MR) is 121 cm³/mol. The van der Waals surface area contributed by atoms with Gasteiger partial charge in [0.2, 0.25) is 10.0 Å². The van der Waals surface area contributed by atoms with Crippen molar-refractivity contribution in [1.82, 2.24) is 9.99 Å². The lowest BCUT2D eigenvalue weighted by Gasteiger charge is -2.10. The van der Waals surface area contributed by atoms with Crippen LogP contribution in [0.15, 0.2) is 64.6 Å². The highest BCUT2D eigenvalue weighted by molar-refractivity contribution is 7.89. The first kappa shape index (κ1) is 23.0. The molecule has 1 heterocycles. The molecule has 0 saturated carbocycles. The Hall–Kier alpha value is -3.63. The van der Waals surface area contributed by atoms with Crippen molar-refractivity contribution >= 4 is 22.1 Å². The highest BCUT2D eigenvalue weighted by atomic mass is 32.2. The van der Waals surface area contributed by atoms with E-state index in [9.17, 15) is 13.2 Å². The summed E-state index contributed by atoms with van der Waals surface area (Å²) in [6.07, 6.45) is 1.54. The molecule has 2 aromatic carbocycles. The Morgan fingerprint density at radius 1 is 1.09 bits per heavy atom. The number of aryl methyl sites for hydroxylation is 1. The fourth-order valence-electron chi connectivity index (χ4n) is 3.13. The smallest absolute Gasteiger partial charge is 0.277 e. The van der Waals surface area contributed by atoms with Gasteiger partial charge in [-0.1, -0.05) is 0 Å². The first-order chi connectivity index (χ1) is 15.2. The second kappa shape index (κ2) is 9.67. The number of carbonyl (C=O) groups is 1. The molecule has 3 N–H and O–H groups in total. The number of hydrazone groups is 1. The largest absolute Gasteiger partial charge is 0.497 e. The Morgan fingerprint density at radius 3 is 2.31 bits per heavy atom. The maximum absolute atomic E-state index is 12.0. The zero-order valence-corrected chi connectivity index (χ0v) is 18.7. The number of ether oxygens (including phenoxy) is 2. The van der Waals surface area contributed by atoms with Crippen molar-refractivity contribution in [3.05, 3.63) is 71.5 Å². The van der Waals surface area contributed by atoms with Gasteiger partial charge in [0.1, 0.15) is 11.5 Å². The van der Waals surface area contributed by atoms with Gasteiger partial charge < -0.3 is 14.0 Å². The molecule has 1 aromatic heterocycles. The van der Waals surface area contributed by atoms with Gasteiger partial charge in [0, 0.05) is 22.6 Å². The summed E-state index contributed by atoms with van der Waals surface area (Å²) in [5.41, 5.74) is 5.81. The van der Waals surface area contributed by atoms with Crippen LogP contribution in [0, 0.1) is 13.8 Å². The van der Waals surface area contributed by atoms with Gasteiger partial charge in [-0.05, 0) is 68.4 Å². The number of primary sulfonamides is 1. The molecule has 32 heavy (non-hydrogen) atoms. The molecule has 3 rings (SSSR count). The Bertz CT molecular complexity index is 1230. The standard InChI is InChI=1S/C22H24N4O5S/c1-15-12-17(16(2)26(15)18-4-10-21(11-5-18)32(23,28)29)13-24-25-22(27)14-31-20-8-6-19(30-3)7-9-20/h4-13H,14H2,1-3H3,(H,25,27)(H2,23,28,29)/b24-13+. The van der Waals surface area contributed by atoms with Gasteiger partial charge in [0.15, 0.2) is 6.61 Å². The highest BCUT2D eigenvalue weighted by Gasteiger charge is 2.12. The molecule has 0 aliphatic carbocycles. The molecule has 10 heteroatoms. The van der Waals surface area contributed by atoms with Crippen LogP contribution in [0.5, 0.6) is 11.5 Å². The zero-order chi connectivity index (χ0) is 23.3. The molecule has 0 atom stereocenters. The van der Waals surface area contributed by atoms with Crippen molar-refractivity contribution in [3.63, 3.8) is 0 Å². The van der Waals surface area contributed by atoms with Gasteiger partial charge >= 0.3 is 0 Å². The number of sulfonamides is 1. The molecule has 0 spiro atoms. The molecule has 0 radical (unpaired) electrons. The summed E-state index contributed by atoms with van der Waals surface area (Å²) in [5, 5.41) is 9.16. The summed E-state index contributed by atoms with van der Waals surface area (Å²) in [7, 11) is -2.18. The van der Waals surface area contributed by atoms with E-state index in [1.807, 2.05) is 24.5 Å². The average molecular weight is 457 g/mol. The van der Waals surface area contributed by atoms with E-state index < -0.39 is 15.9 Å². The van der Waals surface area contributed by atoms with Crippen LogP contribution < -0.4 is 20.0 Å². The molecule has 9 nitrogen and oxygen atoms in total. The summed E-state index contributed by atoms with van der Waals surface area (Å²) in [5.74, 6) is 0.843. The molecule has 0 fully saturated rings. The quantitative estimate of drug-likeness (QED) is 0.397. The zero-order valence-electron chi connectivity index (χ0n) is 17.9. The number of nitrogens with two attached hydrogens (primary N) is 1. The Morgan fingerprint density at radius 2 is 1.72 bits per heavy atom. The number of methoxy groups -OCH3 is 1. The van der Waals surface area contributed by atoms with E-state index in [-0.39, 0.29) is 11.5 Å². The number of aromatic nitrogens is 1. The molecule has 0 bridgehead atoms. The second-order valence-electron chi connectivity index (χ2n) is 6.96. The lowest BCUT2D eigenvalue weighted by molar-refractivity contribution is -0.123. The Labute approximate surface area is 186 Å². The molecular formula is C22H24N4O5S. The minimum atomic E-state index is -3.75. The van der Waals surface area contributed by atoms with Crippen LogP contribution in [-0.4, -0.2) is 38.8 Å². The van der Waals surface area contributed by atoms with E-state index in [1.165, 1.54) is 12.1 Å². The van der Waals surface area contributed by atoms with Crippen LogP contribution in [0.3, 0.4) is 0 Å². The van der Waals surface area contributed by atoms with Crippen LogP contribution in [0.4, 0.5) is 0 Å². The molecular weight excluding hydrogens is 432 g/mol. The Kier molecular flexibility index (Phi) is 6.96. The monoisotopic (exact) mass is 456 g/mol. The molecule has 168 valence electrons. The van der Waals surface area contributed by atoms with Crippen molar-refractivity contribution in [2.24, 2.45) is 10.2 Å². The predicted octanol–water partition coefficient (Wildman–Crippen LogP) is 2.28. The SMILES string of the molecule is COc1ccc(OCC(=O)N/N=C/c2cc(C)n(-c3ccc(S(N)(=O)=O)cc3)c2C)cc1. The number of hydrogen-bond acceptors (Lipinski definition) is 6. The van der Waals surface area contributed by atoms with Crippen LogP contribution in [0.2, 0.25) is 0 Å². The Balaban J connectivity index is 1.63. The molecule has 1 amide bonds. The lowest BCUT2D eigenvalue weighted by atomic mass is 10.2. The van der Waals surface area contributed by atoms with E-state index in [4.69, 9.17) is 14.6 Å². The van der Waals surface area contributed by atoms with Crippen molar-refractivity contribution in [2.45, 2.75) is 18.7 Å². The maximum atomic E-state index is 12.0. The number of nitrogens with zero attached hydrogens (tertiary/aromatic N) is 2. The lowest BCUT2D eigenvalue weighted by Crippen LogP contribution is -2.24. The van der Waals surface area contributed by atoms with Crippen LogP contribution in [0.25, 0.3) is 5.69 Å². The van der Waals surface area contributed by atoms with Crippen molar-refractivity contribution in [2.75, 3.05) is 13.7 Å². The van der Waals surface area contributed by atoms with Crippen molar-refractivity contribution in [3.8, 4) is 17.2 Å². The highest BCUT2D eigenvalue weighted by Crippen LogP contribution is 2.21. The molecule has 0 saturated heterocycles. The van der Waals surface area contributed by atoms with E-state index in [0.717, 1.165) is 22.6 Å². The van der Waals surface area contributed by atoms with Gasteiger partial charge in [0.25, 0.3) is 5.91 Å². The van der Waals surface area contributed by atoms with Crippen LogP contribution >= 0.6 is 0 Å². The fraction of sp³-hybridized carbons (Fsp3) is 0.182. The first-order valence-corrected chi connectivity index (χ1v) is 11.1. The van der Waals surface area contributed by atoms with E-state index in [2.05, 4.69) is 10.5 Å². The van der Waals surface area contributed by atoms with Crippen LogP contribution in [-0.2, 0) is 14.8 Å². The topological polar surface area (TPSA) is 125 Å². The van der Waals surface area contributed by atoms with E-state index in [1.54, 1.807) is 49.7 Å². The van der Waals surface area contributed by atoms with Gasteiger partial charge in [-0.3, -0.25) is 4.79 Å². The van der Waals surface area contributed by atoms with E-state index >= 15 is 0 Å². The third-order valence-electron chi connectivity index (χ3n) is 4.72. The number of carbonyl (C=O) groups excluding carboxylic acids is 1. The van der Waals surface area contributed by atoms with Crippen molar-refractivity contribution in [1.29, 1.82) is 0 Å². The van der Waals surface area contributed by atoms with E-state index in [0.29, 0.717) is 11.5 Å². The molecule has 3 aromatic rings. The molecule has 0 aliphatic rings. The average Bonchev–Trinajstić information content (AvgIpc) is 3.05. The third kappa shape index (κ3) is 5.54.